The van der Waals surface area contributed by atoms with Gasteiger partial charge >= 0.3 is 0 Å². The molecule has 0 unspecified atom stereocenters. The molecule has 144 valence electrons. The first kappa shape index (κ1) is 19.9. The molecule has 2 aromatic rings. The van der Waals surface area contributed by atoms with Gasteiger partial charge in [-0.1, -0.05) is 35.0 Å². The summed E-state index contributed by atoms with van der Waals surface area (Å²) in [6, 6.07) is 13.7. The lowest BCUT2D eigenvalue weighted by Gasteiger charge is -2.19. The Balaban J connectivity index is 1.74. The molecule has 7 heteroatoms. The topological polar surface area (TPSA) is 75.3 Å². The van der Waals surface area contributed by atoms with E-state index in [1.807, 2.05) is 26.0 Å². The molecule has 1 atom stereocenters. The van der Waals surface area contributed by atoms with E-state index in [-0.39, 0.29) is 16.8 Å². The van der Waals surface area contributed by atoms with Crippen molar-refractivity contribution in [1.82, 2.24) is 5.32 Å². The first-order chi connectivity index (χ1) is 12.8. The number of nitrogens with one attached hydrogen (secondary N) is 2. The first-order valence-electron chi connectivity index (χ1n) is 8.97. The highest BCUT2D eigenvalue weighted by Gasteiger charge is 2.51. The van der Waals surface area contributed by atoms with Crippen molar-refractivity contribution >= 4 is 37.5 Å². The monoisotopic (exact) mass is 450 g/mol. The Labute approximate surface area is 168 Å². The molecule has 1 aliphatic carbocycles. The van der Waals surface area contributed by atoms with Gasteiger partial charge in [0.15, 0.2) is 0 Å². The summed E-state index contributed by atoms with van der Waals surface area (Å²) in [5, 5.41) is 3.06. The Kier molecular flexibility index (Phi) is 5.63. The largest absolute Gasteiger partial charge is 0.353 e. The maximum atomic E-state index is 12.6. The Hall–Kier alpha value is -1.86. The Morgan fingerprint density at radius 3 is 2.22 bits per heavy atom. The molecule has 1 amide bonds. The van der Waals surface area contributed by atoms with Crippen molar-refractivity contribution in [1.29, 1.82) is 0 Å². The third-order valence-electron chi connectivity index (χ3n) is 4.99. The number of hydrogen-bond donors (Lipinski definition) is 2. The number of amides is 1. The molecule has 5 nitrogen and oxygen atoms in total. The summed E-state index contributed by atoms with van der Waals surface area (Å²) in [6.07, 6.45) is 2.52. The predicted molar refractivity (Wildman–Crippen MR) is 110 cm³/mol. The summed E-state index contributed by atoms with van der Waals surface area (Å²) in [4.78, 5) is 12.8. The molecule has 0 aromatic heterocycles. The van der Waals surface area contributed by atoms with E-state index < -0.39 is 15.4 Å². The van der Waals surface area contributed by atoms with E-state index in [4.69, 9.17) is 0 Å². The van der Waals surface area contributed by atoms with E-state index in [2.05, 4.69) is 26.0 Å². The van der Waals surface area contributed by atoms with Gasteiger partial charge in [-0.2, -0.15) is 0 Å². The fourth-order valence-corrected chi connectivity index (χ4v) is 4.24. The molecule has 0 bridgehead atoms. The van der Waals surface area contributed by atoms with Gasteiger partial charge in [-0.25, -0.2) is 8.42 Å². The van der Waals surface area contributed by atoms with Crippen LogP contribution in [0.1, 0.15) is 38.7 Å². The van der Waals surface area contributed by atoms with Crippen LogP contribution >= 0.6 is 15.9 Å². The molecule has 27 heavy (non-hydrogen) atoms. The molecule has 1 saturated carbocycles. The van der Waals surface area contributed by atoms with Crippen molar-refractivity contribution in [2.45, 2.75) is 49.5 Å². The molecule has 0 heterocycles. The number of carbonyl (C=O) groups is 1. The second-order valence-corrected chi connectivity index (χ2v) is 9.60. The van der Waals surface area contributed by atoms with Crippen LogP contribution in [0.25, 0.3) is 0 Å². The first-order valence-corrected chi connectivity index (χ1v) is 11.2. The normalized spacial score (nSPS) is 16.4. The van der Waals surface area contributed by atoms with E-state index in [0.29, 0.717) is 5.69 Å². The molecule has 3 rings (SSSR count). The highest BCUT2D eigenvalue weighted by molar-refractivity contribution is 9.10. The summed E-state index contributed by atoms with van der Waals surface area (Å²) >= 11 is 3.29. The summed E-state index contributed by atoms with van der Waals surface area (Å²) in [5.74, 6) is 0.0556. The van der Waals surface area contributed by atoms with Crippen molar-refractivity contribution in [3.8, 4) is 0 Å². The van der Waals surface area contributed by atoms with Gasteiger partial charge < -0.3 is 5.32 Å². The molecule has 1 fully saturated rings. The maximum Gasteiger partial charge on any atom is 0.261 e. The summed E-state index contributed by atoms with van der Waals surface area (Å²) in [5.41, 5.74) is 0.932. The third-order valence-corrected chi connectivity index (χ3v) is 6.91. The fourth-order valence-electron chi connectivity index (χ4n) is 2.92. The Bertz CT molecular complexity index is 921. The lowest BCUT2D eigenvalue weighted by molar-refractivity contribution is -0.124. The van der Waals surface area contributed by atoms with Crippen molar-refractivity contribution in [2.75, 3.05) is 4.72 Å². The molecule has 0 spiro atoms. The fraction of sp³-hybridized carbons (Fsp3) is 0.350. The Morgan fingerprint density at radius 1 is 1.11 bits per heavy atom. The maximum absolute atomic E-state index is 12.6. The number of halogens is 1. The van der Waals surface area contributed by atoms with Gasteiger partial charge in [0.1, 0.15) is 0 Å². The number of benzene rings is 2. The number of hydrogen-bond acceptors (Lipinski definition) is 3. The van der Waals surface area contributed by atoms with Crippen LogP contribution in [0.4, 0.5) is 5.69 Å². The van der Waals surface area contributed by atoms with Gasteiger partial charge in [0.2, 0.25) is 5.91 Å². The van der Waals surface area contributed by atoms with Crippen LogP contribution in [-0.2, 0) is 20.2 Å². The number of carbonyl (C=O) groups excluding carboxylic acids is 1. The van der Waals surface area contributed by atoms with Crippen LogP contribution in [-0.4, -0.2) is 20.4 Å². The minimum absolute atomic E-state index is 0.0556. The molecule has 2 N–H and O–H groups in total. The van der Waals surface area contributed by atoms with Gasteiger partial charge in [0, 0.05) is 16.2 Å². The lowest BCUT2D eigenvalue weighted by Crippen LogP contribution is -2.39. The molecular formula is C20H23BrN2O3S. The molecule has 2 aromatic carbocycles. The minimum Gasteiger partial charge on any atom is -0.353 e. The van der Waals surface area contributed by atoms with Gasteiger partial charge in [-0.05, 0) is 68.1 Å². The Morgan fingerprint density at radius 2 is 1.70 bits per heavy atom. The van der Waals surface area contributed by atoms with Gasteiger partial charge in [-0.15, -0.1) is 0 Å². The van der Waals surface area contributed by atoms with Gasteiger partial charge in [-0.3, -0.25) is 9.52 Å². The van der Waals surface area contributed by atoms with E-state index in [0.717, 1.165) is 29.3 Å². The summed E-state index contributed by atoms with van der Waals surface area (Å²) in [6.45, 7) is 4.03. The summed E-state index contributed by atoms with van der Waals surface area (Å²) < 4.78 is 28.4. The molecule has 0 radical (unpaired) electrons. The predicted octanol–water partition coefficient (Wildman–Crippen LogP) is 4.20. The van der Waals surface area contributed by atoms with Crippen molar-refractivity contribution in [2.24, 2.45) is 0 Å². The van der Waals surface area contributed by atoms with E-state index in [1.165, 1.54) is 0 Å². The number of anilines is 1. The molecule has 1 aliphatic rings. The highest BCUT2D eigenvalue weighted by Crippen LogP contribution is 2.48. The van der Waals surface area contributed by atoms with Crippen LogP contribution in [0, 0.1) is 0 Å². The SMILES string of the molecule is CC[C@@H](C)NC(=O)C1(c2ccc(NS(=O)(=O)c3ccc(Br)cc3)cc2)CC1. The average molecular weight is 451 g/mol. The van der Waals surface area contributed by atoms with Crippen LogP contribution in [0.2, 0.25) is 0 Å². The van der Waals surface area contributed by atoms with Crippen molar-refractivity contribution < 1.29 is 13.2 Å². The van der Waals surface area contributed by atoms with Gasteiger partial charge in [0.25, 0.3) is 10.0 Å². The second-order valence-electron chi connectivity index (χ2n) is 7.00. The second kappa shape index (κ2) is 7.64. The molecular weight excluding hydrogens is 428 g/mol. The zero-order valence-electron chi connectivity index (χ0n) is 15.3. The van der Waals surface area contributed by atoms with Crippen LogP contribution < -0.4 is 10.0 Å². The van der Waals surface area contributed by atoms with Crippen LogP contribution in [0.3, 0.4) is 0 Å². The molecule has 0 saturated heterocycles. The smallest absolute Gasteiger partial charge is 0.261 e. The average Bonchev–Trinajstić information content (AvgIpc) is 3.44. The summed E-state index contributed by atoms with van der Waals surface area (Å²) in [7, 11) is -3.65. The standard InChI is InChI=1S/C20H23BrN2O3S/c1-3-14(2)22-19(24)20(12-13-20)15-4-8-17(9-5-15)23-27(25,26)18-10-6-16(21)7-11-18/h4-11,14,23H,3,12-13H2,1-2H3,(H,22,24)/t14-/m1/s1. The van der Waals surface area contributed by atoms with Crippen molar-refractivity contribution in [3.63, 3.8) is 0 Å². The minimum atomic E-state index is -3.65. The van der Waals surface area contributed by atoms with Crippen LogP contribution in [0.5, 0.6) is 0 Å². The van der Waals surface area contributed by atoms with Gasteiger partial charge in [0.05, 0.1) is 10.3 Å². The van der Waals surface area contributed by atoms with E-state index in [1.54, 1.807) is 36.4 Å². The van der Waals surface area contributed by atoms with E-state index in [9.17, 15) is 13.2 Å². The van der Waals surface area contributed by atoms with Crippen molar-refractivity contribution in [3.05, 3.63) is 58.6 Å². The number of rotatable bonds is 7. The van der Waals surface area contributed by atoms with E-state index >= 15 is 0 Å². The quantitative estimate of drug-likeness (QED) is 0.663. The zero-order valence-corrected chi connectivity index (χ0v) is 17.7. The third kappa shape index (κ3) is 4.35. The lowest BCUT2D eigenvalue weighted by atomic mass is 9.94. The zero-order chi connectivity index (χ0) is 19.7. The number of sulfonamides is 1. The highest BCUT2D eigenvalue weighted by atomic mass is 79.9. The van der Waals surface area contributed by atoms with Crippen LogP contribution in [0.15, 0.2) is 57.9 Å². The molecule has 0 aliphatic heterocycles.